The van der Waals surface area contributed by atoms with Gasteiger partial charge in [-0.05, 0) is 49.6 Å². The van der Waals surface area contributed by atoms with E-state index in [9.17, 15) is 4.79 Å². The van der Waals surface area contributed by atoms with E-state index < -0.39 is 0 Å². The minimum absolute atomic E-state index is 0. The second-order valence-corrected chi connectivity index (χ2v) is 5.21. The molecule has 0 radical (unpaired) electrons. The molecule has 0 unspecified atom stereocenters. The first-order chi connectivity index (χ1) is 9.54. The summed E-state index contributed by atoms with van der Waals surface area (Å²) in [6, 6.07) is 10.1. The van der Waals surface area contributed by atoms with Crippen LogP contribution in [0.15, 0.2) is 42.7 Å². The molecule has 0 saturated heterocycles. The topological polar surface area (TPSA) is 33.0 Å². The highest BCUT2D eigenvalue weighted by Gasteiger charge is 2.07. The third-order valence-electron chi connectivity index (χ3n) is 3.45. The van der Waals surface area contributed by atoms with Gasteiger partial charge >= 0.3 is 0 Å². The quantitative estimate of drug-likeness (QED) is 0.771. The zero-order valence-corrected chi connectivity index (χ0v) is 14.3. The van der Waals surface area contributed by atoms with Crippen molar-refractivity contribution in [2.24, 2.45) is 0 Å². The first kappa shape index (κ1) is 17.4. The number of aryl methyl sites for hydroxylation is 4. The zero-order chi connectivity index (χ0) is 14.5. The van der Waals surface area contributed by atoms with E-state index in [1.165, 1.54) is 16.7 Å². The van der Waals surface area contributed by atoms with Crippen molar-refractivity contribution >= 4 is 11.6 Å². The standard InChI is InChI=1S/C17H20N2O.BrH/c1-13-6-9-19(10-7-13)11-8-17(20)18-16-5-4-14(2)15(3)12-16;/h4-7,9-10,12H,8,11H2,1-3H3;1H. The number of anilines is 1. The van der Waals surface area contributed by atoms with Crippen molar-refractivity contribution < 1.29 is 26.3 Å². The van der Waals surface area contributed by atoms with E-state index in [0.717, 1.165) is 5.69 Å². The fraction of sp³-hybridized carbons (Fsp3) is 0.294. The highest BCUT2D eigenvalue weighted by atomic mass is 79.9. The number of pyridine rings is 1. The molecule has 1 N–H and O–H groups in total. The molecule has 2 aromatic rings. The lowest BCUT2D eigenvalue weighted by atomic mass is 10.1. The molecule has 1 aromatic carbocycles. The van der Waals surface area contributed by atoms with E-state index in [2.05, 4.69) is 19.2 Å². The number of halogens is 1. The van der Waals surface area contributed by atoms with Crippen molar-refractivity contribution in [3.05, 3.63) is 59.4 Å². The van der Waals surface area contributed by atoms with Gasteiger partial charge in [0.15, 0.2) is 18.9 Å². The van der Waals surface area contributed by atoms with Crippen molar-refractivity contribution in [1.29, 1.82) is 0 Å². The van der Waals surface area contributed by atoms with Crippen molar-refractivity contribution in [3.63, 3.8) is 0 Å². The summed E-state index contributed by atoms with van der Waals surface area (Å²) >= 11 is 0. The molecule has 3 nitrogen and oxygen atoms in total. The maximum Gasteiger partial charge on any atom is 0.230 e. The van der Waals surface area contributed by atoms with Crippen LogP contribution in [0.25, 0.3) is 0 Å². The van der Waals surface area contributed by atoms with E-state index in [0.29, 0.717) is 13.0 Å². The number of benzene rings is 1. The van der Waals surface area contributed by atoms with Crippen LogP contribution in [0.5, 0.6) is 0 Å². The predicted octanol–water partition coefficient (Wildman–Crippen LogP) is -0.0678. The number of nitrogens with one attached hydrogen (secondary N) is 1. The number of hydrogen-bond donors (Lipinski definition) is 1. The molecule has 2 rings (SSSR count). The van der Waals surface area contributed by atoms with Gasteiger partial charge in [0.2, 0.25) is 5.91 Å². The second kappa shape index (κ2) is 7.93. The average Bonchev–Trinajstić information content (AvgIpc) is 2.42. The van der Waals surface area contributed by atoms with Crippen molar-refractivity contribution in [3.8, 4) is 0 Å². The molecule has 0 bridgehead atoms. The number of aromatic nitrogens is 1. The van der Waals surface area contributed by atoms with Crippen LogP contribution in [0.1, 0.15) is 23.1 Å². The van der Waals surface area contributed by atoms with Crippen LogP contribution in [-0.2, 0) is 11.3 Å². The summed E-state index contributed by atoms with van der Waals surface area (Å²) in [4.78, 5) is 11.9. The fourth-order valence-electron chi connectivity index (χ4n) is 1.95. The largest absolute Gasteiger partial charge is 1.00 e. The highest BCUT2D eigenvalue weighted by molar-refractivity contribution is 5.90. The summed E-state index contributed by atoms with van der Waals surface area (Å²) in [7, 11) is 0. The minimum atomic E-state index is 0. The Morgan fingerprint density at radius 3 is 2.33 bits per heavy atom. The summed E-state index contributed by atoms with van der Waals surface area (Å²) in [6.45, 7) is 6.86. The normalized spacial score (nSPS) is 9.86. The number of amides is 1. The third-order valence-corrected chi connectivity index (χ3v) is 3.45. The molecule has 0 aliphatic heterocycles. The smallest absolute Gasteiger partial charge is 0.230 e. The summed E-state index contributed by atoms with van der Waals surface area (Å²) in [5.41, 5.74) is 4.52. The lowest BCUT2D eigenvalue weighted by Gasteiger charge is -2.06. The van der Waals surface area contributed by atoms with Crippen LogP contribution < -0.4 is 26.9 Å². The van der Waals surface area contributed by atoms with Gasteiger partial charge in [-0.25, -0.2) is 4.57 Å². The van der Waals surface area contributed by atoms with E-state index in [1.807, 2.05) is 54.2 Å². The van der Waals surface area contributed by atoms with Crippen LogP contribution in [0, 0.1) is 20.8 Å². The van der Waals surface area contributed by atoms with Crippen LogP contribution in [0.2, 0.25) is 0 Å². The van der Waals surface area contributed by atoms with E-state index in [-0.39, 0.29) is 22.9 Å². The van der Waals surface area contributed by atoms with E-state index in [4.69, 9.17) is 0 Å². The molecule has 1 amide bonds. The molecule has 0 fully saturated rings. The van der Waals surface area contributed by atoms with Crippen molar-refractivity contribution in [2.75, 3.05) is 5.32 Å². The lowest BCUT2D eigenvalue weighted by molar-refractivity contribution is -0.695. The summed E-state index contributed by atoms with van der Waals surface area (Å²) in [5, 5.41) is 2.94. The monoisotopic (exact) mass is 348 g/mol. The predicted molar refractivity (Wildman–Crippen MR) is 80.5 cm³/mol. The average molecular weight is 349 g/mol. The third kappa shape index (κ3) is 5.31. The summed E-state index contributed by atoms with van der Waals surface area (Å²) in [6.07, 6.45) is 4.47. The Morgan fingerprint density at radius 1 is 1.05 bits per heavy atom. The molecule has 0 atom stereocenters. The molecular weight excluding hydrogens is 328 g/mol. The van der Waals surface area contributed by atoms with Crippen molar-refractivity contribution in [2.45, 2.75) is 33.7 Å². The van der Waals surface area contributed by atoms with Gasteiger partial charge in [0, 0.05) is 17.8 Å². The lowest BCUT2D eigenvalue weighted by Crippen LogP contribution is -3.00. The maximum absolute atomic E-state index is 11.9. The Hall–Kier alpha value is -1.68. The van der Waals surface area contributed by atoms with Gasteiger partial charge in [0.1, 0.15) is 0 Å². The number of carbonyl (C=O) groups excluding carboxylic acids is 1. The van der Waals surface area contributed by atoms with Gasteiger partial charge in [-0.2, -0.15) is 0 Å². The highest BCUT2D eigenvalue weighted by Crippen LogP contribution is 2.14. The van der Waals surface area contributed by atoms with Crippen LogP contribution in [0.4, 0.5) is 5.69 Å². The molecule has 0 spiro atoms. The minimum Gasteiger partial charge on any atom is -1.00 e. The van der Waals surface area contributed by atoms with Gasteiger partial charge in [-0.15, -0.1) is 0 Å². The molecule has 4 heteroatoms. The Morgan fingerprint density at radius 2 is 1.71 bits per heavy atom. The number of hydrogen-bond acceptors (Lipinski definition) is 1. The Bertz CT molecular complexity index is 609. The van der Waals surface area contributed by atoms with Crippen LogP contribution in [0.3, 0.4) is 0 Å². The van der Waals surface area contributed by atoms with Gasteiger partial charge in [-0.3, -0.25) is 4.79 Å². The number of rotatable bonds is 4. The van der Waals surface area contributed by atoms with Gasteiger partial charge in [0.05, 0.1) is 6.42 Å². The van der Waals surface area contributed by atoms with Crippen molar-refractivity contribution in [1.82, 2.24) is 0 Å². The Balaban J connectivity index is 0.00000220. The molecule has 0 aliphatic rings. The Labute approximate surface area is 136 Å². The molecule has 1 heterocycles. The van der Waals surface area contributed by atoms with Gasteiger partial charge in [0.25, 0.3) is 0 Å². The molecule has 112 valence electrons. The summed E-state index contributed by atoms with van der Waals surface area (Å²) in [5.74, 6) is 0.0429. The molecule has 21 heavy (non-hydrogen) atoms. The molecular formula is C17H21BrN2O. The maximum atomic E-state index is 11.9. The van der Waals surface area contributed by atoms with E-state index >= 15 is 0 Å². The van der Waals surface area contributed by atoms with Crippen LogP contribution in [-0.4, -0.2) is 5.91 Å². The zero-order valence-electron chi connectivity index (χ0n) is 12.7. The fourth-order valence-corrected chi connectivity index (χ4v) is 1.95. The Kier molecular flexibility index (Phi) is 6.56. The van der Waals surface area contributed by atoms with Crippen LogP contribution >= 0.6 is 0 Å². The van der Waals surface area contributed by atoms with Gasteiger partial charge < -0.3 is 22.3 Å². The second-order valence-electron chi connectivity index (χ2n) is 5.21. The molecule has 1 aromatic heterocycles. The SMILES string of the molecule is Cc1cc[n+](CCC(=O)Nc2ccc(C)c(C)c2)cc1.[Br-]. The van der Waals surface area contributed by atoms with Gasteiger partial charge in [-0.1, -0.05) is 6.07 Å². The van der Waals surface area contributed by atoms with E-state index in [1.54, 1.807) is 0 Å². The first-order valence-corrected chi connectivity index (χ1v) is 6.87. The number of nitrogens with zero attached hydrogens (tertiary/aromatic N) is 1. The molecule has 0 aliphatic carbocycles. The first-order valence-electron chi connectivity index (χ1n) is 6.87. The summed E-state index contributed by atoms with van der Waals surface area (Å²) < 4.78 is 2.02. The number of carbonyl (C=O) groups is 1. The molecule has 0 saturated carbocycles.